The van der Waals surface area contributed by atoms with Gasteiger partial charge in [0.05, 0.1) is 24.9 Å². The summed E-state index contributed by atoms with van der Waals surface area (Å²) in [6.07, 6.45) is -1.58. The molecule has 2 fully saturated rings. The van der Waals surface area contributed by atoms with Gasteiger partial charge in [0.25, 0.3) is 0 Å². The third-order valence-electron chi connectivity index (χ3n) is 7.08. The van der Waals surface area contributed by atoms with Gasteiger partial charge < -0.3 is 81.3 Å². The van der Waals surface area contributed by atoms with E-state index >= 15 is 0 Å². The number of carbonyl (C=O) groups is 6. The van der Waals surface area contributed by atoms with Crippen LogP contribution in [0.15, 0.2) is 0 Å². The van der Waals surface area contributed by atoms with E-state index < -0.39 is 57.0 Å². The number of rotatable bonds is 16. The predicted octanol–water partition coefficient (Wildman–Crippen LogP) is -5.86. The van der Waals surface area contributed by atoms with Gasteiger partial charge in [-0.3, -0.25) is 28.8 Å². The minimum Gasteiger partial charge on any atom is -0.870 e. The van der Waals surface area contributed by atoms with E-state index in [0.29, 0.717) is 0 Å². The largest absolute Gasteiger partial charge is 1.00 e. The van der Waals surface area contributed by atoms with Crippen molar-refractivity contribution in [1.29, 1.82) is 0 Å². The van der Waals surface area contributed by atoms with Gasteiger partial charge in [-0.15, -0.1) is 0 Å². The van der Waals surface area contributed by atoms with E-state index in [2.05, 4.69) is 31.9 Å². The summed E-state index contributed by atoms with van der Waals surface area (Å²) in [5, 5.41) is 54.3. The smallest absolute Gasteiger partial charge is 0.870 e. The van der Waals surface area contributed by atoms with Crippen LogP contribution < -0.4 is 31.9 Å². The molecule has 12 N–H and O–H groups in total. The quantitative estimate of drug-likeness (QED) is 0.0656. The van der Waals surface area contributed by atoms with Crippen LogP contribution >= 0.6 is 0 Å². The molecule has 0 aromatic heterocycles. The van der Waals surface area contributed by atoms with Gasteiger partial charge in [-0.1, -0.05) is 20.8 Å². The maximum absolute atomic E-state index is 12.1. The second-order valence-electron chi connectivity index (χ2n) is 11.5. The standard InChI is InChI=1S/C18H32BN4O8.C9H18N2O4.BH3O3.H2O/c1-11(5-15(24)20-3)17(26)22-7-13-9-28-19(30-13)29-10-14(31-19)8-23-18(27)12(2)6-16(25)21-4;1-6(3-8(14)10-2)9(15)11-4-7(13)5-12;2-1(3)4;/h11-14H,5-10H2,1-4H3,(H,20,24)(H,21,25)(H,22,26)(H,23,27);6-7,12-13H,3-5H2,1-2H3,(H,10,14)(H,11,15);2-4H;1H2/q-1;;;. The van der Waals surface area contributed by atoms with Crippen LogP contribution in [0.25, 0.3) is 0 Å². The maximum atomic E-state index is 12.1. The fourth-order valence-corrected chi connectivity index (χ4v) is 4.10. The van der Waals surface area contributed by atoms with Crippen LogP contribution in [0, 0.1) is 17.8 Å². The first-order valence-corrected chi connectivity index (χ1v) is 16.0. The average Bonchev–Trinajstić information content (AvgIpc) is 3.68. The second-order valence-corrected chi connectivity index (χ2v) is 11.5. The first kappa shape index (κ1) is 49.7. The van der Waals surface area contributed by atoms with Gasteiger partial charge in [-0.25, -0.2) is 0 Å². The number of nitrogens with one attached hydrogen (secondary N) is 6. The molecule has 51 heavy (non-hydrogen) atoms. The number of hydrogen-bond acceptors (Lipinski definition) is 16. The molecular formula is C27H55B2N6O16-. The molecule has 22 nitrogen and oxygen atoms in total. The van der Waals surface area contributed by atoms with E-state index in [0.717, 1.165) is 0 Å². The van der Waals surface area contributed by atoms with Crippen molar-refractivity contribution in [3.05, 3.63) is 0 Å². The fraction of sp³-hybridized carbons (Fsp3) is 0.778. The van der Waals surface area contributed by atoms with Crippen molar-refractivity contribution in [2.24, 2.45) is 17.8 Å². The SMILES string of the molecule is CNC(=O)CC(C)C(=O)NCC(O)CO.CNC(=O)CC(C)C(=O)NCC1CO[B-]2(OCC(CNC(=O)C(C)CC(=O)NC)O2)O1.OB(O)O.[H+].[OH-]. The molecule has 6 unspecified atom stereocenters. The summed E-state index contributed by atoms with van der Waals surface area (Å²) in [6, 6.07) is 0. The van der Waals surface area contributed by atoms with Crippen LogP contribution in [0.2, 0.25) is 0 Å². The zero-order valence-electron chi connectivity index (χ0n) is 30.7. The van der Waals surface area contributed by atoms with E-state index in [1.54, 1.807) is 20.8 Å². The minimum atomic E-state index is -2.39. The van der Waals surface area contributed by atoms with Crippen LogP contribution in [-0.4, -0.2) is 159 Å². The van der Waals surface area contributed by atoms with Gasteiger partial charge in [0.15, 0.2) is 0 Å². The molecule has 0 radical (unpaired) electrons. The Balaban J connectivity index is -0.000000963. The lowest BCUT2D eigenvalue weighted by Crippen LogP contribution is -2.44. The van der Waals surface area contributed by atoms with Gasteiger partial charge in [-0.2, -0.15) is 0 Å². The highest BCUT2D eigenvalue weighted by Gasteiger charge is 2.46. The summed E-state index contributed by atoms with van der Waals surface area (Å²) in [6.45, 7) is 2.87. The lowest BCUT2D eigenvalue weighted by molar-refractivity contribution is -0.129. The van der Waals surface area contributed by atoms with E-state index in [4.69, 9.17) is 43.9 Å². The average molecular weight is 741 g/mol. The van der Waals surface area contributed by atoms with Crippen molar-refractivity contribution in [1.82, 2.24) is 31.9 Å². The summed E-state index contributed by atoms with van der Waals surface area (Å²) in [5.41, 5.74) is 0. The molecule has 296 valence electrons. The van der Waals surface area contributed by atoms with Crippen molar-refractivity contribution in [3.63, 3.8) is 0 Å². The lowest BCUT2D eigenvalue weighted by atomic mass is 10.1. The van der Waals surface area contributed by atoms with Gasteiger partial charge in [0.1, 0.15) is 0 Å². The molecule has 0 bridgehead atoms. The van der Waals surface area contributed by atoms with E-state index in [-0.39, 0.29) is 94.5 Å². The molecule has 24 heteroatoms. The molecule has 6 atom stereocenters. The molecule has 2 rings (SSSR count). The van der Waals surface area contributed by atoms with Crippen LogP contribution in [0.1, 0.15) is 41.5 Å². The number of amides is 6. The zero-order chi connectivity index (χ0) is 38.4. The molecule has 2 heterocycles. The molecule has 1 spiro atoms. The number of hydrogen-bond donors (Lipinski definition) is 11. The molecule has 0 aromatic carbocycles. The highest BCUT2D eigenvalue weighted by Crippen LogP contribution is 2.28. The van der Waals surface area contributed by atoms with Crippen molar-refractivity contribution in [3.8, 4) is 0 Å². The van der Waals surface area contributed by atoms with E-state index in [1.165, 1.54) is 21.1 Å². The topological polar surface area (TPSA) is 343 Å². The lowest BCUT2D eigenvalue weighted by Gasteiger charge is -2.29. The highest BCUT2D eigenvalue weighted by molar-refractivity contribution is 6.54. The highest BCUT2D eigenvalue weighted by atomic mass is 16.9. The van der Waals surface area contributed by atoms with Crippen LogP contribution in [0.4, 0.5) is 0 Å². The Kier molecular flexibility index (Phi) is 25.7. The van der Waals surface area contributed by atoms with Crippen molar-refractivity contribution in [2.75, 3.05) is 60.6 Å². The summed E-state index contributed by atoms with van der Waals surface area (Å²) in [7, 11) is 2.37. The van der Waals surface area contributed by atoms with E-state index in [1.807, 2.05) is 0 Å². The van der Waals surface area contributed by atoms with Gasteiger partial charge in [0, 0.05) is 91.0 Å². The van der Waals surface area contributed by atoms with Crippen molar-refractivity contribution < 1.29 is 79.6 Å². The third-order valence-corrected chi connectivity index (χ3v) is 7.08. The van der Waals surface area contributed by atoms with Crippen LogP contribution in [-0.2, 0) is 47.4 Å². The summed E-state index contributed by atoms with van der Waals surface area (Å²) in [5.74, 6) is -2.86. The Morgan fingerprint density at radius 3 is 1.31 bits per heavy atom. The Labute approximate surface area is 298 Å². The summed E-state index contributed by atoms with van der Waals surface area (Å²) < 4.78 is 22.6. The van der Waals surface area contributed by atoms with Gasteiger partial charge in [0.2, 0.25) is 35.4 Å². The van der Waals surface area contributed by atoms with Crippen LogP contribution in [0.3, 0.4) is 0 Å². The first-order valence-electron chi connectivity index (χ1n) is 16.0. The molecule has 0 saturated carbocycles. The zero-order valence-corrected chi connectivity index (χ0v) is 29.7. The Bertz CT molecular complexity index is 1040. The predicted molar refractivity (Wildman–Crippen MR) is 179 cm³/mol. The van der Waals surface area contributed by atoms with Crippen molar-refractivity contribution >= 4 is 49.7 Å². The van der Waals surface area contributed by atoms with Gasteiger partial charge in [-0.05, 0) is 0 Å². The molecule has 0 aromatic rings. The summed E-state index contributed by atoms with van der Waals surface area (Å²) in [4.78, 5) is 69.2. The molecule has 2 saturated heterocycles. The minimum absolute atomic E-state index is 0. The Morgan fingerprint density at radius 2 is 1.02 bits per heavy atom. The third kappa shape index (κ3) is 21.5. The summed E-state index contributed by atoms with van der Waals surface area (Å²) >= 11 is 0. The van der Waals surface area contributed by atoms with Gasteiger partial charge >= 0.3 is 15.7 Å². The van der Waals surface area contributed by atoms with Crippen LogP contribution in [0.5, 0.6) is 0 Å². The monoisotopic (exact) mass is 741 g/mol. The molecule has 2 aliphatic heterocycles. The molecule has 2 aliphatic rings. The number of carbonyl (C=O) groups excluding carboxylic acids is 6. The second kappa shape index (κ2) is 26.3. The Morgan fingerprint density at radius 1 is 0.706 bits per heavy atom. The van der Waals surface area contributed by atoms with Crippen molar-refractivity contribution in [2.45, 2.75) is 58.3 Å². The maximum Gasteiger partial charge on any atom is 1.00 e. The van der Waals surface area contributed by atoms with E-state index in [9.17, 15) is 28.8 Å². The fourth-order valence-electron chi connectivity index (χ4n) is 4.10. The number of aliphatic hydroxyl groups is 2. The Hall–Kier alpha value is -3.45. The molecule has 6 amide bonds. The molecular weight excluding hydrogens is 686 g/mol. The first-order chi connectivity index (χ1) is 23.4. The molecule has 0 aliphatic carbocycles. The number of aliphatic hydroxyl groups excluding tert-OH is 2. The normalized spacial score (nSPS) is 21.0.